The highest BCUT2D eigenvalue weighted by Gasteiger charge is 2.37. The number of rotatable bonds is 9. The molecule has 3 unspecified atom stereocenters. The van der Waals surface area contributed by atoms with E-state index in [4.69, 9.17) is 4.74 Å². The van der Waals surface area contributed by atoms with Crippen LogP contribution in [-0.2, 0) is 14.3 Å². The maximum absolute atomic E-state index is 13.9. The van der Waals surface area contributed by atoms with Gasteiger partial charge in [0.25, 0.3) is 5.91 Å². The van der Waals surface area contributed by atoms with Crippen molar-refractivity contribution in [2.24, 2.45) is 5.92 Å². The molecule has 36 heavy (non-hydrogen) atoms. The number of hydrogen-bond donors (Lipinski definition) is 3. The summed E-state index contributed by atoms with van der Waals surface area (Å²) < 4.78 is 5.39. The molecule has 2 rings (SSSR count). The molecule has 2 aromatic rings. The molecule has 196 valence electrons. The number of aryl methyl sites for hydroxylation is 1. The molecule has 0 fully saturated rings. The molecule has 2 aromatic carbocycles. The molecule has 3 amide bonds. The zero-order valence-electron chi connectivity index (χ0n) is 22.3. The highest BCUT2D eigenvalue weighted by atomic mass is 16.6. The van der Waals surface area contributed by atoms with Gasteiger partial charge in [-0.25, -0.2) is 4.79 Å². The van der Waals surface area contributed by atoms with Gasteiger partial charge in [0, 0.05) is 12.2 Å². The van der Waals surface area contributed by atoms with Gasteiger partial charge in [-0.3, -0.25) is 9.59 Å². The van der Waals surface area contributed by atoms with E-state index < -0.39 is 35.6 Å². The number of nitrogens with one attached hydrogen (secondary N) is 2. The molecule has 0 radical (unpaired) electrons. The Hall–Kier alpha value is -3.55. The number of para-hydroxylation sites is 1. The van der Waals surface area contributed by atoms with Crippen LogP contribution < -0.4 is 10.6 Å². The summed E-state index contributed by atoms with van der Waals surface area (Å²) in [6, 6.07) is 11.7. The summed E-state index contributed by atoms with van der Waals surface area (Å²) in [4.78, 5) is 41.6. The zero-order chi connectivity index (χ0) is 27.0. The van der Waals surface area contributed by atoms with Gasteiger partial charge in [-0.2, -0.15) is 0 Å². The lowest BCUT2D eigenvalue weighted by atomic mass is 9.95. The van der Waals surface area contributed by atoms with E-state index in [0.29, 0.717) is 17.7 Å². The number of aromatic hydroxyl groups is 1. The van der Waals surface area contributed by atoms with Crippen molar-refractivity contribution in [1.29, 1.82) is 0 Å². The summed E-state index contributed by atoms with van der Waals surface area (Å²) in [6.45, 7) is 12.9. The van der Waals surface area contributed by atoms with Crippen molar-refractivity contribution in [3.05, 3.63) is 59.7 Å². The first-order chi connectivity index (χ1) is 16.9. The Morgan fingerprint density at radius 3 is 2.28 bits per heavy atom. The van der Waals surface area contributed by atoms with Gasteiger partial charge in [-0.05, 0) is 69.9 Å². The Kier molecular flexibility index (Phi) is 9.90. The SMILES string of the molecule is CCC(C)C(NC(=O)OC(C)(C)C)C(=O)N(CC)C(C(=O)Nc1ccccc1C)c1cccc(O)c1. The predicted molar refractivity (Wildman–Crippen MR) is 141 cm³/mol. The standard InChI is InChI=1S/C28H39N3O5/c1-8-18(3)23(30-27(35)36-28(5,6)7)26(34)31(9-2)24(20-14-12-15-21(32)17-20)25(33)29-22-16-11-10-13-19(22)4/h10-18,23-24,32H,8-9H2,1-7H3,(H,29,33)(H,30,35). The summed E-state index contributed by atoms with van der Waals surface area (Å²) in [6.07, 6.45) is -0.0776. The van der Waals surface area contributed by atoms with E-state index in [-0.39, 0.29) is 18.2 Å². The van der Waals surface area contributed by atoms with Crippen molar-refractivity contribution < 1.29 is 24.2 Å². The third-order valence-corrected chi connectivity index (χ3v) is 5.92. The normalized spacial score (nSPS) is 13.8. The maximum atomic E-state index is 13.9. The minimum atomic E-state index is -1.04. The van der Waals surface area contributed by atoms with Gasteiger partial charge < -0.3 is 25.4 Å². The first-order valence-electron chi connectivity index (χ1n) is 12.3. The average Bonchev–Trinajstić information content (AvgIpc) is 2.80. The van der Waals surface area contributed by atoms with Gasteiger partial charge in [-0.15, -0.1) is 0 Å². The molecule has 8 nitrogen and oxygen atoms in total. The summed E-state index contributed by atoms with van der Waals surface area (Å²) >= 11 is 0. The van der Waals surface area contributed by atoms with Crippen molar-refractivity contribution in [2.75, 3.05) is 11.9 Å². The van der Waals surface area contributed by atoms with Crippen LogP contribution in [0, 0.1) is 12.8 Å². The van der Waals surface area contributed by atoms with Crippen molar-refractivity contribution >= 4 is 23.6 Å². The highest BCUT2D eigenvalue weighted by Crippen LogP contribution is 2.28. The van der Waals surface area contributed by atoms with Crippen molar-refractivity contribution in [1.82, 2.24) is 10.2 Å². The number of nitrogens with zero attached hydrogens (tertiary/aromatic N) is 1. The largest absolute Gasteiger partial charge is 0.508 e. The number of benzene rings is 2. The quantitative estimate of drug-likeness (QED) is 0.443. The van der Waals surface area contributed by atoms with Crippen LogP contribution in [0.25, 0.3) is 0 Å². The molecule has 0 saturated heterocycles. The second kappa shape index (κ2) is 12.4. The fourth-order valence-electron chi connectivity index (χ4n) is 3.84. The molecule has 0 aliphatic carbocycles. The van der Waals surface area contributed by atoms with Gasteiger partial charge in [-0.1, -0.05) is 50.6 Å². The number of likely N-dealkylation sites (N-methyl/N-ethyl adjacent to an activating group) is 1. The lowest BCUT2D eigenvalue weighted by Gasteiger charge is -2.35. The monoisotopic (exact) mass is 497 g/mol. The molecule has 0 saturated carbocycles. The third kappa shape index (κ3) is 7.73. The van der Waals surface area contributed by atoms with Crippen LogP contribution in [-0.4, -0.2) is 46.1 Å². The first-order valence-corrected chi connectivity index (χ1v) is 12.3. The molecular weight excluding hydrogens is 458 g/mol. The fraction of sp³-hybridized carbons (Fsp3) is 0.464. The molecule has 0 spiro atoms. The first kappa shape index (κ1) is 28.7. The van der Waals surface area contributed by atoms with Gasteiger partial charge in [0.1, 0.15) is 23.4 Å². The zero-order valence-corrected chi connectivity index (χ0v) is 22.3. The van der Waals surface area contributed by atoms with E-state index >= 15 is 0 Å². The Morgan fingerprint density at radius 1 is 1.06 bits per heavy atom. The predicted octanol–water partition coefficient (Wildman–Crippen LogP) is 5.17. The number of alkyl carbamates (subject to hydrolysis) is 1. The van der Waals surface area contributed by atoms with Gasteiger partial charge in [0.15, 0.2) is 0 Å². The lowest BCUT2D eigenvalue weighted by molar-refractivity contribution is -0.141. The van der Waals surface area contributed by atoms with Crippen LogP contribution in [0.1, 0.15) is 65.1 Å². The maximum Gasteiger partial charge on any atom is 0.408 e. The number of hydrogen-bond acceptors (Lipinski definition) is 5. The summed E-state index contributed by atoms with van der Waals surface area (Å²) in [5.41, 5.74) is 1.23. The Morgan fingerprint density at radius 2 is 1.72 bits per heavy atom. The number of ether oxygens (including phenoxy) is 1. The molecule has 0 aliphatic rings. The molecule has 3 atom stereocenters. The average molecular weight is 498 g/mol. The van der Waals surface area contributed by atoms with Crippen LogP contribution in [0.3, 0.4) is 0 Å². The van der Waals surface area contributed by atoms with Crippen LogP contribution in [0.5, 0.6) is 5.75 Å². The van der Waals surface area contributed by atoms with E-state index in [0.717, 1.165) is 5.56 Å². The van der Waals surface area contributed by atoms with Gasteiger partial charge >= 0.3 is 6.09 Å². The highest BCUT2D eigenvalue weighted by molar-refractivity contribution is 5.99. The van der Waals surface area contributed by atoms with E-state index in [1.165, 1.54) is 17.0 Å². The summed E-state index contributed by atoms with van der Waals surface area (Å²) in [7, 11) is 0. The number of amides is 3. The smallest absolute Gasteiger partial charge is 0.408 e. The molecule has 0 aromatic heterocycles. The van der Waals surface area contributed by atoms with Crippen LogP contribution in [0.4, 0.5) is 10.5 Å². The molecule has 8 heteroatoms. The number of carbonyl (C=O) groups is 3. The lowest BCUT2D eigenvalue weighted by Crippen LogP contribution is -2.54. The summed E-state index contributed by atoms with van der Waals surface area (Å²) in [5, 5.41) is 15.8. The third-order valence-electron chi connectivity index (χ3n) is 5.92. The Balaban J connectivity index is 2.48. The second-order valence-corrected chi connectivity index (χ2v) is 9.94. The Bertz CT molecular complexity index is 1060. The molecule has 3 N–H and O–H groups in total. The van der Waals surface area contributed by atoms with E-state index in [1.807, 2.05) is 39.0 Å². The van der Waals surface area contributed by atoms with Crippen molar-refractivity contribution in [3.63, 3.8) is 0 Å². The summed E-state index contributed by atoms with van der Waals surface area (Å²) in [5.74, 6) is -1.07. The van der Waals surface area contributed by atoms with Gasteiger partial charge in [0.2, 0.25) is 5.91 Å². The molecule has 0 aliphatic heterocycles. The number of phenols is 1. The van der Waals surface area contributed by atoms with Crippen LogP contribution in [0.2, 0.25) is 0 Å². The Labute approximate surface area is 214 Å². The molecule has 0 bridgehead atoms. The minimum Gasteiger partial charge on any atom is -0.508 e. The second-order valence-electron chi connectivity index (χ2n) is 9.94. The van der Waals surface area contributed by atoms with Crippen LogP contribution in [0.15, 0.2) is 48.5 Å². The molecule has 0 heterocycles. The fourth-order valence-corrected chi connectivity index (χ4v) is 3.84. The van der Waals surface area contributed by atoms with Crippen LogP contribution >= 0.6 is 0 Å². The van der Waals surface area contributed by atoms with E-state index in [2.05, 4.69) is 10.6 Å². The number of carbonyl (C=O) groups excluding carboxylic acids is 3. The minimum absolute atomic E-state index is 0.0185. The topological polar surface area (TPSA) is 108 Å². The van der Waals surface area contributed by atoms with Crippen molar-refractivity contribution in [2.45, 2.75) is 72.6 Å². The molecular formula is C28H39N3O5. The van der Waals surface area contributed by atoms with E-state index in [1.54, 1.807) is 45.9 Å². The van der Waals surface area contributed by atoms with Gasteiger partial charge in [0.05, 0.1) is 0 Å². The number of phenolic OH excluding ortho intramolecular Hbond substituents is 1. The number of anilines is 1. The van der Waals surface area contributed by atoms with Crippen molar-refractivity contribution in [3.8, 4) is 5.75 Å². The van der Waals surface area contributed by atoms with E-state index in [9.17, 15) is 19.5 Å².